The second kappa shape index (κ2) is 8.50. The molecule has 2 rings (SSSR count). The molecule has 1 aromatic carbocycles. The van der Waals surface area contributed by atoms with Crippen molar-refractivity contribution in [1.29, 1.82) is 0 Å². The van der Waals surface area contributed by atoms with Crippen LogP contribution in [0.4, 0.5) is 0 Å². The van der Waals surface area contributed by atoms with Crippen molar-refractivity contribution in [2.45, 2.75) is 31.9 Å². The summed E-state index contributed by atoms with van der Waals surface area (Å²) in [4.78, 5) is 23.9. The molecular formula is C17H22N2O6. The molecule has 1 aromatic heterocycles. The first-order valence-corrected chi connectivity index (χ1v) is 7.92. The van der Waals surface area contributed by atoms with Crippen molar-refractivity contribution in [2.24, 2.45) is 11.5 Å². The van der Waals surface area contributed by atoms with Gasteiger partial charge < -0.3 is 30.5 Å². The van der Waals surface area contributed by atoms with E-state index in [-0.39, 0.29) is 23.5 Å². The average Bonchev–Trinajstić information content (AvgIpc) is 2.58. The minimum absolute atomic E-state index is 0.0364. The predicted octanol–water partition coefficient (Wildman–Crippen LogP) is 1.01. The van der Waals surface area contributed by atoms with Gasteiger partial charge in [-0.25, -0.2) is 4.79 Å². The van der Waals surface area contributed by atoms with Crippen molar-refractivity contribution in [2.75, 3.05) is 13.7 Å². The molecule has 2 aromatic rings. The van der Waals surface area contributed by atoms with E-state index in [4.69, 9.17) is 25.4 Å². The molecule has 0 amide bonds. The zero-order valence-corrected chi connectivity index (χ0v) is 14.0. The number of methoxy groups -OCH3 is 1. The number of hydrogen-bond donors (Lipinski definition) is 3. The Labute approximate surface area is 144 Å². The Morgan fingerprint density at radius 3 is 2.76 bits per heavy atom. The molecular weight excluding hydrogens is 328 g/mol. The first kappa shape index (κ1) is 18.8. The Kier molecular flexibility index (Phi) is 6.37. The van der Waals surface area contributed by atoms with Gasteiger partial charge in [0.2, 0.25) is 0 Å². The number of hydrogen-bond acceptors (Lipinski definition) is 8. The lowest BCUT2D eigenvalue weighted by Gasteiger charge is -2.11. The molecule has 0 fully saturated rings. The van der Waals surface area contributed by atoms with E-state index in [9.17, 15) is 14.7 Å². The van der Waals surface area contributed by atoms with Crippen molar-refractivity contribution >= 4 is 16.7 Å². The summed E-state index contributed by atoms with van der Waals surface area (Å²) in [6.45, 7) is 0.312. The van der Waals surface area contributed by atoms with Gasteiger partial charge in [0.1, 0.15) is 35.3 Å². The van der Waals surface area contributed by atoms with Crippen LogP contribution in [-0.4, -0.2) is 30.8 Å². The highest BCUT2D eigenvalue weighted by Gasteiger charge is 2.16. The van der Waals surface area contributed by atoms with Crippen LogP contribution in [-0.2, 0) is 16.1 Å². The number of benzene rings is 1. The van der Waals surface area contributed by atoms with Crippen LogP contribution in [0.25, 0.3) is 10.8 Å². The fourth-order valence-electron chi connectivity index (χ4n) is 2.40. The second-order valence-corrected chi connectivity index (χ2v) is 5.61. The Bertz CT molecular complexity index is 802. The third kappa shape index (κ3) is 4.71. The van der Waals surface area contributed by atoms with Crippen LogP contribution in [0.2, 0.25) is 0 Å². The summed E-state index contributed by atoms with van der Waals surface area (Å²) in [5.41, 5.74) is 10.4. The van der Waals surface area contributed by atoms with Gasteiger partial charge in [-0.1, -0.05) is 6.42 Å². The maximum Gasteiger partial charge on any atom is 0.347 e. The fourth-order valence-corrected chi connectivity index (χ4v) is 2.40. The number of carbonyl (C=O) groups excluding carboxylic acids is 1. The van der Waals surface area contributed by atoms with E-state index in [1.165, 1.54) is 19.2 Å². The van der Waals surface area contributed by atoms with Gasteiger partial charge in [-0.3, -0.25) is 4.79 Å². The number of aromatic hydroxyl groups is 1. The van der Waals surface area contributed by atoms with E-state index < -0.39 is 17.6 Å². The Morgan fingerprint density at radius 1 is 1.32 bits per heavy atom. The van der Waals surface area contributed by atoms with Crippen molar-refractivity contribution in [3.05, 3.63) is 34.4 Å². The smallest absolute Gasteiger partial charge is 0.347 e. The molecule has 0 spiro atoms. The molecule has 8 nitrogen and oxygen atoms in total. The van der Waals surface area contributed by atoms with Gasteiger partial charge >= 0.3 is 11.6 Å². The molecule has 0 unspecified atom stereocenters. The summed E-state index contributed by atoms with van der Waals surface area (Å²) in [7, 11) is 1.45. The molecule has 1 heterocycles. The molecule has 0 aliphatic carbocycles. The van der Waals surface area contributed by atoms with Crippen molar-refractivity contribution in [1.82, 2.24) is 0 Å². The predicted molar refractivity (Wildman–Crippen MR) is 91.4 cm³/mol. The molecule has 136 valence electrons. The average molecular weight is 350 g/mol. The van der Waals surface area contributed by atoms with E-state index in [0.29, 0.717) is 24.1 Å². The molecule has 0 saturated carbocycles. The second-order valence-electron chi connectivity index (χ2n) is 5.61. The number of phenolic OH excluding ortho intramolecular Hbond substituents is 1. The van der Waals surface area contributed by atoms with Gasteiger partial charge in [0, 0.05) is 6.07 Å². The van der Waals surface area contributed by atoms with Crippen LogP contribution in [0.15, 0.2) is 27.4 Å². The molecule has 0 saturated heterocycles. The van der Waals surface area contributed by atoms with E-state index >= 15 is 0 Å². The fraction of sp³-hybridized carbons (Fsp3) is 0.412. The van der Waals surface area contributed by atoms with Crippen LogP contribution in [0.5, 0.6) is 11.5 Å². The number of fused-ring (bicyclic) bond motifs is 1. The summed E-state index contributed by atoms with van der Waals surface area (Å²) in [6, 6.07) is 3.66. The monoisotopic (exact) mass is 350 g/mol. The normalized spacial score (nSPS) is 12.1. The van der Waals surface area contributed by atoms with Gasteiger partial charge in [-0.2, -0.15) is 0 Å². The summed E-state index contributed by atoms with van der Waals surface area (Å²) >= 11 is 0. The van der Waals surface area contributed by atoms with Gasteiger partial charge in [0.15, 0.2) is 0 Å². The molecule has 1 atom stereocenters. The maximum absolute atomic E-state index is 12.0. The van der Waals surface area contributed by atoms with Crippen molar-refractivity contribution in [3.8, 4) is 11.5 Å². The zero-order valence-electron chi connectivity index (χ0n) is 14.0. The largest absolute Gasteiger partial charge is 0.507 e. The molecule has 0 bridgehead atoms. The summed E-state index contributed by atoms with van der Waals surface area (Å²) in [5, 5.41) is 10.4. The molecule has 5 N–H and O–H groups in total. The molecule has 0 aliphatic heterocycles. The number of esters is 1. The Balaban J connectivity index is 2.11. The van der Waals surface area contributed by atoms with Crippen LogP contribution in [0.3, 0.4) is 0 Å². The number of carbonyl (C=O) groups is 1. The minimum atomic E-state index is -0.747. The lowest BCUT2D eigenvalue weighted by Crippen LogP contribution is -2.32. The first-order chi connectivity index (χ1) is 12.0. The van der Waals surface area contributed by atoms with Gasteiger partial charge in [-0.05, 0) is 36.9 Å². The Hall–Kier alpha value is -2.58. The van der Waals surface area contributed by atoms with E-state index in [0.717, 1.165) is 12.8 Å². The highest BCUT2D eigenvalue weighted by atomic mass is 16.5. The van der Waals surface area contributed by atoms with Crippen molar-refractivity contribution < 1.29 is 23.8 Å². The first-order valence-electron chi connectivity index (χ1n) is 7.92. The number of nitrogens with two attached hydrogens (primary N) is 2. The van der Waals surface area contributed by atoms with Crippen LogP contribution >= 0.6 is 0 Å². The SMILES string of the molecule is COc1cc(O)c2c(=O)oc(COC(=O)[C@@H](N)CCCCN)cc2c1. The number of phenols is 1. The maximum atomic E-state index is 12.0. The van der Waals surface area contributed by atoms with Crippen molar-refractivity contribution in [3.63, 3.8) is 0 Å². The highest BCUT2D eigenvalue weighted by molar-refractivity contribution is 5.88. The van der Waals surface area contributed by atoms with Crippen LogP contribution < -0.4 is 21.8 Å². The van der Waals surface area contributed by atoms with Gasteiger partial charge in [-0.15, -0.1) is 0 Å². The standard InChI is InChI=1S/C17H22N2O6/c1-23-11-6-10-7-12(25-17(22)15(10)14(20)8-11)9-24-16(21)13(19)4-2-3-5-18/h6-8,13,20H,2-5,9,18-19H2,1H3/t13-/m0/s1. The number of ether oxygens (including phenoxy) is 2. The van der Waals surface area contributed by atoms with Gasteiger partial charge in [0.05, 0.1) is 7.11 Å². The highest BCUT2D eigenvalue weighted by Crippen LogP contribution is 2.28. The van der Waals surface area contributed by atoms with Crippen LogP contribution in [0, 0.1) is 0 Å². The van der Waals surface area contributed by atoms with Crippen LogP contribution in [0.1, 0.15) is 25.0 Å². The quantitative estimate of drug-likeness (QED) is 0.473. The van der Waals surface area contributed by atoms with E-state index in [2.05, 4.69) is 0 Å². The summed E-state index contributed by atoms with van der Waals surface area (Å²) in [6.07, 6.45) is 1.99. The summed E-state index contributed by atoms with van der Waals surface area (Å²) < 4.78 is 15.2. The number of unbranched alkanes of at least 4 members (excludes halogenated alkanes) is 1. The third-order valence-electron chi connectivity index (χ3n) is 3.73. The number of rotatable bonds is 8. The lowest BCUT2D eigenvalue weighted by molar-refractivity contribution is -0.147. The topological polar surface area (TPSA) is 138 Å². The third-order valence-corrected chi connectivity index (χ3v) is 3.73. The molecule has 0 radical (unpaired) electrons. The Morgan fingerprint density at radius 2 is 2.08 bits per heavy atom. The van der Waals surface area contributed by atoms with E-state index in [1.54, 1.807) is 6.07 Å². The minimum Gasteiger partial charge on any atom is -0.507 e. The molecule has 0 aliphatic rings. The van der Waals surface area contributed by atoms with Gasteiger partial charge in [0.25, 0.3) is 0 Å². The molecule has 8 heteroatoms. The molecule has 25 heavy (non-hydrogen) atoms. The van der Waals surface area contributed by atoms with E-state index in [1.807, 2.05) is 0 Å². The lowest BCUT2D eigenvalue weighted by atomic mass is 10.1. The summed E-state index contributed by atoms with van der Waals surface area (Å²) in [5.74, 6) is -0.282. The zero-order chi connectivity index (χ0) is 18.4.